The van der Waals surface area contributed by atoms with Crippen molar-refractivity contribution in [2.24, 2.45) is 5.92 Å². The summed E-state index contributed by atoms with van der Waals surface area (Å²) < 4.78 is 0. The van der Waals surface area contributed by atoms with Crippen molar-refractivity contribution < 1.29 is 0 Å². The molecule has 1 aromatic rings. The third kappa shape index (κ3) is 2.69. The molecule has 1 atom stereocenters. The van der Waals surface area contributed by atoms with Gasteiger partial charge in [0.15, 0.2) is 0 Å². The maximum absolute atomic E-state index is 4.52. The number of nitrogens with zero attached hydrogens (tertiary/aromatic N) is 2. The van der Waals surface area contributed by atoms with Gasteiger partial charge >= 0.3 is 0 Å². The Morgan fingerprint density at radius 1 is 1.53 bits per heavy atom. The maximum Gasteiger partial charge on any atom is 0.128 e. The molecule has 1 aromatic heterocycles. The zero-order chi connectivity index (χ0) is 10.7. The van der Waals surface area contributed by atoms with Crippen LogP contribution in [0.5, 0.6) is 0 Å². The second-order valence-electron chi connectivity index (χ2n) is 4.38. The Hall–Kier alpha value is -1.09. The second kappa shape index (κ2) is 4.62. The van der Waals surface area contributed by atoms with Crippen LogP contribution >= 0.6 is 0 Å². The van der Waals surface area contributed by atoms with E-state index in [1.807, 2.05) is 13.0 Å². The molecular formula is C12H19N3. The lowest BCUT2D eigenvalue weighted by atomic mass is 10.1. The minimum Gasteiger partial charge on any atom is -0.359 e. The van der Waals surface area contributed by atoms with Crippen LogP contribution in [0, 0.1) is 12.8 Å². The van der Waals surface area contributed by atoms with E-state index in [4.69, 9.17) is 0 Å². The monoisotopic (exact) mass is 205 g/mol. The molecule has 1 fully saturated rings. The molecule has 0 spiro atoms. The van der Waals surface area contributed by atoms with Gasteiger partial charge < -0.3 is 10.2 Å². The van der Waals surface area contributed by atoms with Crippen molar-refractivity contribution in [2.75, 3.05) is 31.6 Å². The van der Waals surface area contributed by atoms with Crippen molar-refractivity contribution in [2.45, 2.75) is 13.3 Å². The van der Waals surface area contributed by atoms with Gasteiger partial charge in [0, 0.05) is 19.3 Å². The average molecular weight is 205 g/mol. The van der Waals surface area contributed by atoms with E-state index in [-0.39, 0.29) is 0 Å². The molecular weight excluding hydrogens is 186 g/mol. The standard InChI is InChI=1S/C12H19N3/c1-10-4-3-5-12(14-10)15(2)9-11-6-7-13-8-11/h3-5,11,13H,6-9H2,1-2H3. The van der Waals surface area contributed by atoms with Gasteiger partial charge in [-0.2, -0.15) is 0 Å². The van der Waals surface area contributed by atoms with Gasteiger partial charge in [0.25, 0.3) is 0 Å². The highest BCUT2D eigenvalue weighted by molar-refractivity contribution is 5.38. The summed E-state index contributed by atoms with van der Waals surface area (Å²) >= 11 is 0. The fourth-order valence-electron chi connectivity index (χ4n) is 2.09. The number of aromatic nitrogens is 1. The molecule has 3 heteroatoms. The predicted molar refractivity (Wildman–Crippen MR) is 63.2 cm³/mol. The Morgan fingerprint density at radius 2 is 2.40 bits per heavy atom. The normalized spacial score (nSPS) is 20.5. The molecule has 1 aliphatic heterocycles. The topological polar surface area (TPSA) is 28.2 Å². The van der Waals surface area contributed by atoms with Crippen LogP contribution in [0.25, 0.3) is 0 Å². The Bertz CT molecular complexity index is 318. The van der Waals surface area contributed by atoms with Crippen LogP contribution in [0.3, 0.4) is 0 Å². The molecule has 0 radical (unpaired) electrons. The minimum atomic E-state index is 0.775. The zero-order valence-corrected chi connectivity index (χ0v) is 9.53. The lowest BCUT2D eigenvalue weighted by molar-refractivity contribution is 0.575. The second-order valence-corrected chi connectivity index (χ2v) is 4.38. The molecule has 0 amide bonds. The first-order valence-corrected chi connectivity index (χ1v) is 5.61. The Balaban J connectivity index is 1.97. The number of aryl methyl sites for hydroxylation is 1. The van der Waals surface area contributed by atoms with Gasteiger partial charge in [-0.15, -0.1) is 0 Å². The van der Waals surface area contributed by atoms with E-state index in [9.17, 15) is 0 Å². The molecule has 3 nitrogen and oxygen atoms in total. The van der Waals surface area contributed by atoms with E-state index < -0.39 is 0 Å². The van der Waals surface area contributed by atoms with Crippen molar-refractivity contribution in [1.82, 2.24) is 10.3 Å². The predicted octanol–water partition coefficient (Wildman–Crippen LogP) is 1.44. The molecule has 1 N–H and O–H groups in total. The van der Waals surface area contributed by atoms with Gasteiger partial charge in [-0.05, 0) is 44.5 Å². The lowest BCUT2D eigenvalue weighted by Crippen LogP contribution is -2.27. The molecule has 82 valence electrons. The summed E-state index contributed by atoms with van der Waals surface area (Å²) in [6.07, 6.45) is 1.29. The summed E-state index contributed by atoms with van der Waals surface area (Å²) in [5, 5.41) is 3.39. The molecule has 0 bridgehead atoms. The van der Waals surface area contributed by atoms with Crippen molar-refractivity contribution >= 4 is 5.82 Å². The number of hydrogen-bond acceptors (Lipinski definition) is 3. The molecule has 0 saturated carbocycles. The first-order valence-electron chi connectivity index (χ1n) is 5.61. The van der Waals surface area contributed by atoms with Crippen molar-refractivity contribution in [1.29, 1.82) is 0 Å². The van der Waals surface area contributed by atoms with Crippen molar-refractivity contribution in [3.63, 3.8) is 0 Å². The number of nitrogens with one attached hydrogen (secondary N) is 1. The Morgan fingerprint density at radius 3 is 3.07 bits per heavy atom. The van der Waals surface area contributed by atoms with E-state index in [2.05, 4.69) is 34.4 Å². The van der Waals surface area contributed by atoms with E-state index in [1.165, 1.54) is 13.0 Å². The summed E-state index contributed by atoms with van der Waals surface area (Å²) in [5.74, 6) is 1.86. The fraction of sp³-hybridized carbons (Fsp3) is 0.583. The first kappa shape index (κ1) is 10.4. The zero-order valence-electron chi connectivity index (χ0n) is 9.53. The van der Waals surface area contributed by atoms with Gasteiger partial charge in [0.1, 0.15) is 5.82 Å². The summed E-state index contributed by atoms with van der Waals surface area (Å²) in [5.41, 5.74) is 1.09. The van der Waals surface area contributed by atoms with Crippen LogP contribution in [0.2, 0.25) is 0 Å². The van der Waals surface area contributed by atoms with Gasteiger partial charge in [-0.25, -0.2) is 4.98 Å². The highest BCUT2D eigenvalue weighted by Gasteiger charge is 2.16. The Labute approximate surface area is 91.5 Å². The van der Waals surface area contributed by atoms with E-state index in [1.54, 1.807) is 0 Å². The summed E-state index contributed by atoms with van der Waals surface area (Å²) in [6.45, 7) is 5.45. The Kier molecular flexibility index (Phi) is 3.21. The number of pyridine rings is 1. The molecule has 2 rings (SSSR count). The van der Waals surface area contributed by atoms with E-state index in [0.717, 1.165) is 30.5 Å². The fourth-order valence-corrected chi connectivity index (χ4v) is 2.09. The number of hydrogen-bond donors (Lipinski definition) is 1. The highest BCUT2D eigenvalue weighted by Crippen LogP contribution is 2.14. The quantitative estimate of drug-likeness (QED) is 0.809. The number of anilines is 1. The van der Waals surface area contributed by atoms with Crippen molar-refractivity contribution in [3.05, 3.63) is 23.9 Å². The summed E-state index contributed by atoms with van der Waals surface area (Å²) in [4.78, 5) is 6.78. The van der Waals surface area contributed by atoms with E-state index >= 15 is 0 Å². The van der Waals surface area contributed by atoms with Gasteiger partial charge in [-0.3, -0.25) is 0 Å². The summed E-state index contributed by atoms with van der Waals surface area (Å²) in [7, 11) is 2.13. The minimum absolute atomic E-state index is 0.775. The van der Waals surface area contributed by atoms with Crippen LogP contribution in [-0.2, 0) is 0 Å². The molecule has 1 aliphatic rings. The molecule has 0 aliphatic carbocycles. The van der Waals surface area contributed by atoms with Gasteiger partial charge in [0.2, 0.25) is 0 Å². The van der Waals surface area contributed by atoms with Crippen LogP contribution < -0.4 is 10.2 Å². The van der Waals surface area contributed by atoms with Crippen molar-refractivity contribution in [3.8, 4) is 0 Å². The lowest BCUT2D eigenvalue weighted by Gasteiger charge is -2.21. The molecule has 2 heterocycles. The van der Waals surface area contributed by atoms with Gasteiger partial charge in [-0.1, -0.05) is 6.07 Å². The first-order chi connectivity index (χ1) is 7.25. The molecule has 0 aromatic carbocycles. The largest absolute Gasteiger partial charge is 0.359 e. The third-order valence-corrected chi connectivity index (χ3v) is 2.96. The molecule has 1 saturated heterocycles. The highest BCUT2D eigenvalue weighted by atomic mass is 15.2. The number of rotatable bonds is 3. The molecule has 15 heavy (non-hydrogen) atoms. The summed E-state index contributed by atoms with van der Waals surface area (Å²) in [6, 6.07) is 6.19. The average Bonchev–Trinajstić information content (AvgIpc) is 2.70. The molecule has 1 unspecified atom stereocenters. The smallest absolute Gasteiger partial charge is 0.128 e. The van der Waals surface area contributed by atoms with Gasteiger partial charge in [0.05, 0.1) is 0 Å². The van der Waals surface area contributed by atoms with Crippen LogP contribution in [0.15, 0.2) is 18.2 Å². The van der Waals surface area contributed by atoms with Crippen LogP contribution in [0.4, 0.5) is 5.82 Å². The maximum atomic E-state index is 4.52. The van der Waals surface area contributed by atoms with Crippen LogP contribution in [-0.4, -0.2) is 31.7 Å². The SMILES string of the molecule is Cc1cccc(N(C)CC2CCNC2)n1. The van der Waals surface area contributed by atoms with Crippen LogP contribution in [0.1, 0.15) is 12.1 Å². The third-order valence-electron chi connectivity index (χ3n) is 2.96. The van der Waals surface area contributed by atoms with E-state index in [0.29, 0.717) is 0 Å².